The summed E-state index contributed by atoms with van der Waals surface area (Å²) in [5, 5.41) is 2.07. The van der Waals surface area contributed by atoms with Crippen LogP contribution in [0.1, 0.15) is 43.8 Å². The molecular formula is C22H24ClF3N4O3S. The minimum atomic E-state index is -4.70. The molecule has 34 heavy (non-hydrogen) atoms. The van der Waals surface area contributed by atoms with Crippen LogP contribution in [0.2, 0.25) is 5.02 Å². The summed E-state index contributed by atoms with van der Waals surface area (Å²) in [7, 11) is 0. The lowest BCUT2D eigenvalue weighted by Crippen LogP contribution is -2.54. The summed E-state index contributed by atoms with van der Waals surface area (Å²) < 4.78 is 52.9. The zero-order chi connectivity index (χ0) is 24.8. The van der Waals surface area contributed by atoms with E-state index in [0.717, 1.165) is 5.01 Å². The fraction of sp³-hybridized carbons (Fsp3) is 0.500. The first kappa shape index (κ1) is 24.6. The average molecular weight is 517 g/mol. The van der Waals surface area contributed by atoms with Gasteiger partial charge in [-0.1, -0.05) is 11.6 Å². The number of alkyl halides is 3. The Balaban J connectivity index is 1.68. The van der Waals surface area contributed by atoms with E-state index in [1.165, 1.54) is 17.4 Å². The van der Waals surface area contributed by atoms with Crippen molar-refractivity contribution in [2.75, 3.05) is 24.5 Å². The Morgan fingerprint density at radius 3 is 2.65 bits per heavy atom. The van der Waals surface area contributed by atoms with Gasteiger partial charge >= 0.3 is 12.3 Å². The van der Waals surface area contributed by atoms with Crippen LogP contribution in [-0.4, -0.2) is 52.2 Å². The number of hydrogen-bond donors (Lipinski definition) is 0. The van der Waals surface area contributed by atoms with Gasteiger partial charge < -0.3 is 19.0 Å². The molecule has 0 bridgehead atoms. The van der Waals surface area contributed by atoms with E-state index < -0.39 is 28.5 Å². The van der Waals surface area contributed by atoms with Crippen LogP contribution in [0.25, 0.3) is 11.1 Å². The topological polar surface area (TPSA) is 71.7 Å². The molecule has 7 nitrogen and oxygen atoms in total. The number of anilines is 1. The van der Waals surface area contributed by atoms with E-state index in [1.54, 1.807) is 42.1 Å². The molecule has 0 radical (unpaired) electrons. The van der Waals surface area contributed by atoms with Crippen LogP contribution in [0, 0.1) is 0 Å². The highest BCUT2D eigenvalue weighted by Gasteiger charge is 2.39. The lowest BCUT2D eigenvalue weighted by atomic mass is 10.1. The smallest absolute Gasteiger partial charge is 0.420 e. The number of hydrogen-bond acceptors (Lipinski definition) is 7. The molecule has 3 aromatic rings. The number of carbonyl (C=O) groups excluding carboxylic acids is 1. The van der Waals surface area contributed by atoms with Crippen molar-refractivity contribution in [3.8, 4) is 0 Å². The minimum Gasteiger partial charge on any atom is -0.444 e. The van der Waals surface area contributed by atoms with Crippen LogP contribution >= 0.6 is 22.9 Å². The van der Waals surface area contributed by atoms with Crippen molar-refractivity contribution in [2.45, 2.75) is 51.9 Å². The van der Waals surface area contributed by atoms with Gasteiger partial charge in [-0.25, -0.2) is 9.78 Å². The first-order valence-corrected chi connectivity index (χ1v) is 11.9. The first-order valence-electron chi connectivity index (χ1n) is 10.7. The first-order chi connectivity index (χ1) is 15.8. The lowest BCUT2D eigenvalue weighted by molar-refractivity contribution is -0.136. The van der Waals surface area contributed by atoms with Crippen LogP contribution in [0.3, 0.4) is 0 Å². The van der Waals surface area contributed by atoms with Crippen molar-refractivity contribution in [1.82, 2.24) is 14.9 Å². The second kappa shape index (κ2) is 8.92. The number of nitrogens with zero attached hydrogens (tertiary/aromatic N) is 4. The van der Waals surface area contributed by atoms with E-state index in [4.69, 9.17) is 20.8 Å². The van der Waals surface area contributed by atoms with E-state index in [0.29, 0.717) is 25.2 Å². The molecule has 1 amide bonds. The summed E-state index contributed by atoms with van der Waals surface area (Å²) in [5.41, 5.74) is -1.48. The predicted octanol–water partition coefficient (Wildman–Crippen LogP) is 5.99. The molecule has 184 valence electrons. The molecule has 3 heterocycles. The molecule has 1 saturated heterocycles. The molecule has 0 unspecified atom stereocenters. The summed E-state index contributed by atoms with van der Waals surface area (Å²) in [6.45, 7) is 8.16. The van der Waals surface area contributed by atoms with Gasteiger partial charge in [-0.3, -0.25) is 0 Å². The summed E-state index contributed by atoms with van der Waals surface area (Å²) in [5.74, 6) is 0. The standard InChI is InChI=1S/C22H24ClF3N4O3S/c1-12-11-29(20(31)33-21(2,3)4)6-7-30(12)19-28-17-16(22(24,25)26)14(23)9-13(18(17)32-19)10-15-27-5-8-34-15/h5,8-9,12H,6-7,10-11H2,1-4H3/t12-/m0/s1. The molecule has 4 rings (SSSR count). The van der Waals surface area contributed by atoms with Gasteiger partial charge in [0.15, 0.2) is 5.58 Å². The largest absolute Gasteiger partial charge is 0.444 e. The van der Waals surface area contributed by atoms with Gasteiger partial charge in [-0.15, -0.1) is 11.3 Å². The highest BCUT2D eigenvalue weighted by Crippen LogP contribution is 2.43. The van der Waals surface area contributed by atoms with E-state index >= 15 is 0 Å². The van der Waals surface area contributed by atoms with Gasteiger partial charge in [-0.05, 0) is 33.8 Å². The van der Waals surface area contributed by atoms with Gasteiger partial charge in [0.25, 0.3) is 6.01 Å². The Morgan fingerprint density at radius 2 is 2.06 bits per heavy atom. The van der Waals surface area contributed by atoms with Crippen molar-refractivity contribution in [2.24, 2.45) is 0 Å². The maximum absolute atomic E-state index is 13.8. The molecular weight excluding hydrogens is 493 g/mol. The molecule has 0 saturated carbocycles. The Morgan fingerprint density at radius 1 is 1.32 bits per heavy atom. The maximum Gasteiger partial charge on any atom is 0.420 e. The highest BCUT2D eigenvalue weighted by atomic mass is 35.5. The van der Waals surface area contributed by atoms with Crippen molar-refractivity contribution in [3.05, 3.63) is 38.8 Å². The van der Waals surface area contributed by atoms with Crippen LogP contribution in [-0.2, 0) is 17.3 Å². The number of fused-ring (bicyclic) bond motifs is 1. The summed E-state index contributed by atoms with van der Waals surface area (Å²) >= 11 is 7.46. The van der Waals surface area contributed by atoms with Gasteiger partial charge in [0.1, 0.15) is 16.7 Å². The molecule has 2 aromatic heterocycles. The molecule has 1 fully saturated rings. The quantitative estimate of drug-likeness (QED) is 0.425. The van der Waals surface area contributed by atoms with Crippen LogP contribution in [0.4, 0.5) is 24.0 Å². The Bertz CT molecular complexity index is 1190. The molecule has 0 spiro atoms. The summed E-state index contributed by atoms with van der Waals surface area (Å²) in [4.78, 5) is 24.2. The monoisotopic (exact) mass is 516 g/mol. The minimum absolute atomic E-state index is 0.0312. The predicted molar refractivity (Wildman–Crippen MR) is 124 cm³/mol. The number of aromatic nitrogens is 2. The molecule has 0 aliphatic carbocycles. The van der Waals surface area contributed by atoms with Crippen LogP contribution in [0.5, 0.6) is 0 Å². The zero-order valence-corrected chi connectivity index (χ0v) is 20.6. The fourth-order valence-electron chi connectivity index (χ4n) is 3.86. The van der Waals surface area contributed by atoms with Crippen molar-refractivity contribution < 1.29 is 27.1 Å². The maximum atomic E-state index is 13.8. The third-order valence-corrected chi connectivity index (χ3v) is 6.40. The number of thiazole rings is 1. The lowest BCUT2D eigenvalue weighted by Gasteiger charge is -2.39. The van der Waals surface area contributed by atoms with Gasteiger partial charge in [0.2, 0.25) is 0 Å². The second-order valence-corrected chi connectivity index (χ2v) is 10.5. The van der Waals surface area contributed by atoms with Crippen molar-refractivity contribution in [3.63, 3.8) is 0 Å². The second-order valence-electron chi connectivity index (χ2n) is 9.14. The third-order valence-electron chi connectivity index (χ3n) is 5.32. The number of halogens is 4. The third kappa shape index (κ3) is 5.10. The number of carbonyl (C=O) groups is 1. The highest BCUT2D eigenvalue weighted by molar-refractivity contribution is 7.09. The fourth-order valence-corrected chi connectivity index (χ4v) is 4.83. The summed E-state index contributed by atoms with van der Waals surface area (Å²) in [6, 6.07) is 1.06. The number of rotatable bonds is 3. The Hall–Kier alpha value is -2.53. The van der Waals surface area contributed by atoms with Crippen LogP contribution in [0.15, 0.2) is 22.1 Å². The van der Waals surface area contributed by atoms with E-state index in [2.05, 4.69) is 9.97 Å². The van der Waals surface area contributed by atoms with E-state index in [1.807, 2.05) is 6.92 Å². The number of piperazine rings is 1. The van der Waals surface area contributed by atoms with Gasteiger partial charge in [0.05, 0.1) is 10.0 Å². The number of ether oxygens (including phenoxy) is 1. The molecule has 1 aromatic carbocycles. The van der Waals surface area contributed by atoms with Crippen LogP contribution < -0.4 is 4.90 Å². The van der Waals surface area contributed by atoms with Crippen molar-refractivity contribution in [1.29, 1.82) is 0 Å². The normalized spacial score (nSPS) is 17.5. The number of amides is 1. The SMILES string of the molecule is C[C@H]1CN(C(=O)OC(C)(C)C)CCN1c1nc2c(C(F)(F)F)c(Cl)cc(Cc3nccs3)c2o1. The molecule has 1 aliphatic heterocycles. The van der Waals surface area contributed by atoms with E-state index in [9.17, 15) is 18.0 Å². The molecule has 12 heteroatoms. The zero-order valence-electron chi connectivity index (χ0n) is 19.1. The van der Waals surface area contributed by atoms with Crippen molar-refractivity contribution >= 4 is 46.1 Å². The number of oxazole rings is 1. The number of benzene rings is 1. The molecule has 0 N–H and O–H groups in total. The van der Waals surface area contributed by atoms with Gasteiger partial charge in [-0.2, -0.15) is 18.2 Å². The summed E-state index contributed by atoms with van der Waals surface area (Å²) in [6.07, 6.45) is -3.25. The van der Waals surface area contributed by atoms with Gasteiger partial charge in [0, 0.05) is 49.2 Å². The van der Waals surface area contributed by atoms with E-state index in [-0.39, 0.29) is 29.6 Å². The molecule has 1 atom stereocenters. The Labute approximate surface area is 203 Å². The Kier molecular flexibility index (Phi) is 6.45. The average Bonchev–Trinajstić information content (AvgIpc) is 3.35. The molecule has 1 aliphatic rings.